The minimum absolute atomic E-state index is 0.193. The Hall–Kier alpha value is -0.310. The predicted octanol–water partition coefficient (Wildman–Crippen LogP) is 0.303. The zero-order chi connectivity index (χ0) is 11.1. The van der Waals surface area contributed by atoms with Crippen molar-refractivity contribution in [1.82, 2.24) is 19.7 Å². The Morgan fingerprint density at radius 1 is 1.73 bits per heavy atom. The fourth-order valence-electron chi connectivity index (χ4n) is 1.56. The van der Waals surface area contributed by atoms with Gasteiger partial charge in [-0.2, -0.15) is 0 Å². The summed E-state index contributed by atoms with van der Waals surface area (Å²) >= 11 is 6.74. The van der Waals surface area contributed by atoms with Crippen LogP contribution in [-0.4, -0.2) is 46.7 Å². The number of alkyl halides is 1. The van der Waals surface area contributed by atoms with Gasteiger partial charge in [0.2, 0.25) is 6.23 Å². The van der Waals surface area contributed by atoms with Gasteiger partial charge in [0.1, 0.15) is 11.7 Å². The molecule has 1 saturated heterocycles. The minimum Gasteiger partial charge on any atom is -0.623 e. The zero-order valence-corrected chi connectivity index (χ0v) is 9.70. The van der Waals surface area contributed by atoms with E-state index in [1.54, 1.807) is 11.9 Å². The van der Waals surface area contributed by atoms with E-state index in [0.717, 1.165) is 11.3 Å². The Bertz CT molecular complexity index is 363. The summed E-state index contributed by atoms with van der Waals surface area (Å²) in [4.78, 5) is 1.76. The molecule has 8 heteroatoms. The van der Waals surface area contributed by atoms with Gasteiger partial charge in [0.25, 0.3) is 0 Å². The van der Waals surface area contributed by atoms with Crippen LogP contribution in [0.4, 0.5) is 5.13 Å². The first-order chi connectivity index (χ1) is 7.06. The number of hydrogen-bond acceptors (Lipinski definition) is 6. The first-order valence-electron chi connectivity index (χ1n) is 4.40. The average Bonchev–Trinajstić information content (AvgIpc) is 2.73. The maximum atomic E-state index is 12.3. The Morgan fingerprint density at radius 3 is 2.93 bits per heavy atom. The number of quaternary nitrogens is 1. The highest BCUT2D eigenvalue weighted by Gasteiger charge is 2.41. The van der Waals surface area contributed by atoms with E-state index in [9.17, 15) is 10.3 Å². The molecule has 0 amide bonds. The molecule has 0 bridgehead atoms. The van der Waals surface area contributed by atoms with Crippen molar-refractivity contribution >= 4 is 28.1 Å². The fourth-order valence-corrected chi connectivity index (χ4v) is 2.54. The number of aromatic nitrogens is 2. The van der Waals surface area contributed by atoms with E-state index in [0.29, 0.717) is 11.6 Å². The van der Waals surface area contributed by atoms with E-state index in [1.165, 1.54) is 0 Å². The smallest absolute Gasteiger partial charge is 0.310 e. The lowest BCUT2D eigenvalue weighted by molar-refractivity contribution is 0.0844. The maximum absolute atomic E-state index is 12.3. The van der Waals surface area contributed by atoms with Gasteiger partial charge < -0.3 is 10.3 Å². The molecule has 0 aromatic carbocycles. The number of halogens is 1. The van der Waals surface area contributed by atoms with Crippen LogP contribution in [-0.2, 0) is 5.88 Å². The van der Waals surface area contributed by atoms with E-state index in [1.807, 2.05) is 0 Å². The highest BCUT2D eigenvalue weighted by molar-refractivity contribution is 7.15. The molecular formula is C7H11ClN4O2S. The van der Waals surface area contributed by atoms with E-state index < -0.39 is 10.9 Å². The Balaban J connectivity index is 2.28. The van der Waals surface area contributed by atoms with Gasteiger partial charge >= 0.3 is 5.13 Å². The highest BCUT2D eigenvalue weighted by atomic mass is 35.5. The Labute approximate surface area is 95.9 Å². The second-order valence-corrected chi connectivity index (χ2v) is 4.88. The third-order valence-electron chi connectivity index (χ3n) is 2.30. The molecule has 2 rings (SSSR count). The lowest BCUT2D eigenvalue weighted by Crippen LogP contribution is -2.48. The van der Waals surface area contributed by atoms with Crippen molar-refractivity contribution in [2.45, 2.75) is 12.1 Å². The topological polar surface area (TPSA) is 72.3 Å². The number of nitrogens with zero attached hydrogens (tertiary/aromatic N) is 4. The second-order valence-electron chi connectivity index (χ2n) is 3.57. The summed E-state index contributed by atoms with van der Waals surface area (Å²) in [5.41, 5.74) is 0. The fraction of sp³-hybridized carbons (Fsp3) is 0.714. The summed E-state index contributed by atoms with van der Waals surface area (Å²) in [6.07, 6.45) is -0.994. The number of β-amino-alcohol motifs (C(OH)–C–C–N with tert-alkyl or cyclic N) is 1. The van der Waals surface area contributed by atoms with Crippen molar-refractivity contribution < 1.29 is 5.11 Å². The quantitative estimate of drug-likeness (QED) is 0.464. The largest absolute Gasteiger partial charge is 0.623 e. The number of aliphatic hydroxyl groups is 1. The molecule has 1 N–H and O–H groups in total. The van der Waals surface area contributed by atoms with Gasteiger partial charge in [-0.25, -0.2) is 0 Å². The summed E-state index contributed by atoms with van der Waals surface area (Å²) in [6.45, 7) is 0.539. The molecule has 1 aliphatic heterocycles. The normalized spacial score (nSPS) is 32.4. The average molecular weight is 251 g/mol. The van der Waals surface area contributed by atoms with Gasteiger partial charge in [-0.15, -0.1) is 16.7 Å². The molecule has 2 atom stereocenters. The molecule has 1 aromatic heterocycles. The number of aliphatic hydroxyl groups excluding tert-OH is 1. The van der Waals surface area contributed by atoms with E-state index >= 15 is 0 Å². The summed E-state index contributed by atoms with van der Waals surface area (Å²) in [7, 11) is 1.78. The number of hydroxylamine groups is 2. The molecule has 0 saturated carbocycles. The standard InChI is InChI=1S/C7H11ClN4O2S/c1-11-3-6(13)12(14,4-11)7-10-9-5(2-8)15-7/h6,13H,2-4H2,1H3. The van der Waals surface area contributed by atoms with Crippen LogP contribution in [0.15, 0.2) is 0 Å². The summed E-state index contributed by atoms with van der Waals surface area (Å²) < 4.78 is -0.842. The molecule has 1 aromatic rings. The molecular weight excluding hydrogens is 240 g/mol. The van der Waals surface area contributed by atoms with Gasteiger partial charge in [0.15, 0.2) is 0 Å². The summed E-state index contributed by atoms with van der Waals surface area (Å²) in [5.74, 6) is 0.240. The Morgan fingerprint density at radius 2 is 2.47 bits per heavy atom. The molecule has 1 fully saturated rings. The SMILES string of the molecule is CN1CC(O)[N+]([O-])(c2nnc(CCl)s2)C1. The molecule has 84 valence electrons. The van der Waals surface area contributed by atoms with Gasteiger partial charge in [0.05, 0.1) is 12.4 Å². The van der Waals surface area contributed by atoms with Gasteiger partial charge in [-0.3, -0.25) is 9.55 Å². The summed E-state index contributed by atoms with van der Waals surface area (Å²) in [5, 5.41) is 30.4. The third-order valence-corrected chi connectivity index (χ3v) is 3.75. The number of hydrogen-bond donors (Lipinski definition) is 1. The van der Waals surface area contributed by atoms with Crippen LogP contribution in [0.5, 0.6) is 0 Å². The monoisotopic (exact) mass is 250 g/mol. The highest BCUT2D eigenvalue weighted by Crippen LogP contribution is 2.32. The second kappa shape index (κ2) is 3.93. The summed E-state index contributed by atoms with van der Waals surface area (Å²) in [6, 6.07) is 0. The van der Waals surface area contributed by atoms with Crippen molar-refractivity contribution in [2.24, 2.45) is 0 Å². The van der Waals surface area contributed by atoms with E-state index in [-0.39, 0.29) is 17.7 Å². The third kappa shape index (κ3) is 1.86. The number of rotatable bonds is 2. The van der Waals surface area contributed by atoms with Crippen LogP contribution in [0, 0.1) is 5.21 Å². The van der Waals surface area contributed by atoms with Crippen molar-refractivity contribution in [1.29, 1.82) is 0 Å². The van der Waals surface area contributed by atoms with E-state index in [2.05, 4.69) is 10.2 Å². The van der Waals surface area contributed by atoms with Gasteiger partial charge in [-0.1, -0.05) is 5.10 Å². The predicted molar refractivity (Wildman–Crippen MR) is 58.1 cm³/mol. The van der Waals surface area contributed by atoms with Crippen LogP contribution in [0.25, 0.3) is 0 Å². The van der Waals surface area contributed by atoms with Crippen LogP contribution >= 0.6 is 22.9 Å². The van der Waals surface area contributed by atoms with Crippen LogP contribution < -0.4 is 4.65 Å². The van der Waals surface area contributed by atoms with Crippen LogP contribution in [0.2, 0.25) is 0 Å². The maximum Gasteiger partial charge on any atom is 0.310 e. The first-order valence-corrected chi connectivity index (χ1v) is 5.75. The van der Waals surface area contributed by atoms with Crippen LogP contribution in [0.3, 0.4) is 0 Å². The van der Waals surface area contributed by atoms with Gasteiger partial charge in [0, 0.05) is 0 Å². The van der Waals surface area contributed by atoms with Crippen molar-refractivity contribution in [3.05, 3.63) is 10.2 Å². The Kier molecular flexibility index (Phi) is 2.93. The van der Waals surface area contributed by atoms with E-state index in [4.69, 9.17) is 11.6 Å². The molecule has 2 heterocycles. The zero-order valence-electron chi connectivity index (χ0n) is 8.13. The van der Waals surface area contributed by atoms with Crippen molar-refractivity contribution in [2.75, 3.05) is 20.3 Å². The molecule has 1 aliphatic rings. The lowest BCUT2D eigenvalue weighted by atomic mass is 10.5. The van der Waals surface area contributed by atoms with Crippen molar-refractivity contribution in [3.63, 3.8) is 0 Å². The lowest BCUT2D eigenvalue weighted by Gasteiger charge is -2.36. The molecule has 2 unspecified atom stereocenters. The van der Waals surface area contributed by atoms with Crippen LogP contribution in [0.1, 0.15) is 5.01 Å². The molecule has 6 nitrogen and oxygen atoms in total. The molecule has 0 spiro atoms. The number of likely N-dealkylation sites (N-methyl/N-ethyl adjacent to an activating group) is 1. The van der Waals surface area contributed by atoms with Crippen molar-refractivity contribution in [3.8, 4) is 0 Å². The molecule has 15 heavy (non-hydrogen) atoms. The first kappa shape index (κ1) is 11.2. The minimum atomic E-state index is -0.994. The molecule has 0 aliphatic carbocycles. The van der Waals surface area contributed by atoms with Gasteiger partial charge in [-0.05, 0) is 18.4 Å². The molecule has 0 radical (unpaired) electrons.